The van der Waals surface area contributed by atoms with E-state index in [0.717, 1.165) is 25.3 Å². The second-order valence-electron chi connectivity index (χ2n) is 5.77. The number of methoxy groups -OCH3 is 2. The van der Waals surface area contributed by atoms with Crippen molar-refractivity contribution in [3.05, 3.63) is 23.5 Å². The van der Waals surface area contributed by atoms with Gasteiger partial charge in [-0.2, -0.15) is 0 Å². The zero-order valence-electron chi connectivity index (χ0n) is 13.9. The lowest BCUT2D eigenvalue weighted by molar-refractivity contribution is -0.137. The number of benzene rings is 1. The van der Waals surface area contributed by atoms with E-state index >= 15 is 0 Å². The monoisotopic (exact) mass is 339 g/mol. The van der Waals surface area contributed by atoms with Gasteiger partial charge in [-0.3, -0.25) is 9.59 Å². The van der Waals surface area contributed by atoms with E-state index in [1.165, 1.54) is 20.3 Å². The third kappa shape index (κ3) is 3.96. The van der Waals surface area contributed by atoms with Gasteiger partial charge in [-0.1, -0.05) is 0 Å². The van der Waals surface area contributed by atoms with Crippen molar-refractivity contribution in [3.63, 3.8) is 0 Å². The van der Waals surface area contributed by atoms with Gasteiger partial charge in [0.15, 0.2) is 11.5 Å². The van der Waals surface area contributed by atoms with Crippen LogP contribution >= 0.6 is 0 Å². The highest BCUT2D eigenvalue weighted by Crippen LogP contribution is 2.32. The number of amides is 1. The van der Waals surface area contributed by atoms with Gasteiger partial charge in [-0.05, 0) is 31.7 Å². The lowest BCUT2D eigenvalue weighted by atomic mass is 9.96. The van der Waals surface area contributed by atoms with Crippen LogP contribution in [-0.4, -0.2) is 48.7 Å². The van der Waals surface area contributed by atoms with Crippen molar-refractivity contribution >= 4 is 11.9 Å². The zero-order valence-corrected chi connectivity index (χ0v) is 13.9. The highest BCUT2D eigenvalue weighted by atomic mass is 19.1. The minimum Gasteiger partial charge on any atom is -0.493 e. The summed E-state index contributed by atoms with van der Waals surface area (Å²) in [6.45, 7) is 0.497. The van der Waals surface area contributed by atoms with Crippen molar-refractivity contribution in [2.45, 2.75) is 38.1 Å². The molecule has 1 heterocycles. The molecule has 6 nitrogen and oxygen atoms in total. The Balaban J connectivity index is 2.26. The van der Waals surface area contributed by atoms with E-state index in [1.807, 2.05) is 0 Å². The maximum absolute atomic E-state index is 14.3. The van der Waals surface area contributed by atoms with Crippen molar-refractivity contribution < 1.29 is 28.6 Å². The maximum atomic E-state index is 14.3. The molecule has 0 aliphatic carbocycles. The molecule has 1 saturated heterocycles. The lowest BCUT2D eigenvalue weighted by Crippen LogP contribution is -2.44. The van der Waals surface area contributed by atoms with E-state index in [4.69, 9.17) is 14.6 Å². The van der Waals surface area contributed by atoms with Crippen LogP contribution in [0.15, 0.2) is 12.1 Å². The van der Waals surface area contributed by atoms with Gasteiger partial charge >= 0.3 is 5.97 Å². The fraction of sp³-hybridized carbons (Fsp3) is 0.529. The van der Waals surface area contributed by atoms with E-state index in [9.17, 15) is 14.0 Å². The number of hydrogen-bond acceptors (Lipinski definition) is 4. The van der Waals surface area contributed by atoms with Gasteiger partial charge in [-0.25, -0.2) is 4.39 Å². The van der Waals surface area contributed by atoms with Gasteiger partial charge in [0.05, 0.1) is 19.8 Å². The fourth-order valence-electron chi connectivity index (χ4n) is 3.03. The average molecular weight is 339 g/mol. The topological polar surface area (TPSA) is 76.1 Å². The molecule has 1 aromatic rings. The van der Waals surface area contributed by atoms with Crippen molar-refractivity contribution in [3.8, 4) is 11.5 Å². The number of rotatable bonds is 6. The van der Waals surface area contributed by atoms with Gasteiger partial charge in [0.1, 0.15) is 5.82 Å². The van der Waals surface area contributed by atoms with Crippen molar-refractivity contribution in [1.82, 2.24) is 4.90 Å². The molecule has 1 N–H and O–H groups in total. The maximum Gasteiger partial charge on any atom is 0.303 e. The van der Waals surface area contributed by atoms with Gasteiger partial charge in [0.2, 0.25) is 0 Å². The Morgan fingerprint density at radius 1 is 1.25 bits per heavy atom. The standard InChI is InChI=1S/C17H22FNO5/c1-23-14-9-12(13(18)10-15(14)24-2)17(22)19-8-4-3-5-11(19)6-7-16(20)21/h9-11H,3-8H2,1-2H3,(H,20,21). The highest BCUT2D eigenvalue weighted by molar-refractivity contribution is 5.95. The summed E-state index contributed by atoms with van der Waals surface area (Å²) in [5, 5.41) is 8.86. The number of carbonyl (C=O) groups excluding carboxylic acids is 1. The third-order valence-electron chi connectivity index (χ3n) is 4.28. The summed E-state index contributed by atoms with van der Waals surface area (Å²) >= 11 is 0. The predicted molar refractivity (Wildman–Crippen MR) is 85.0 cm³/mol. The first-order chi connectivity index (χ1) is 11.5. The summed E-state index contributed by atoms with van der Waals surface area (Å²) in [5.74, 6) is -1.53. The minimum absolute atomic E-state index is 0.0110. The number of carboxylic acids is 1. The Morgan fingerprint density at radius 2 is 1.92 bits per heavy atom. The number of ether oxygens (including phenoxy) is 2. The molecule has 0 aromatic heterocycles. The molecule has 1 amide bonds. The van der Waals surface area contributed by atoms with E-state index in [-0.39, 0.29) is 29.5 Å². The Labute approximate surface area is 140 Å². The SMILES string of the molecule is COc1cc(F)c(C(=O)N2CCCCC2CCC(=O)O)cc1OC. The highest BCUT2D eigenvalue weighted by Gasteiger charge is 2.30. The van der Waals surface area contributed by atoms with Crippen LogP contribution in [0.4, 0.5) is 4.39 Å². The molecule has 132 valence electrons. The molecule has 2 rings (SSSR count). The Kier molecular flexibility index (Phi) is 6.00. The van der Waals surface area contributed by atoms with Gasteiger partial charge in [-0.15, -0.1) is 0 Å². The molecule has 0 saturated carbocycles. The largest absolute Gasteiger partial charge is 0.493 e. The van der Waals surface area contributed by atoms with Gasteiger partial charge < -0.3 is 19.5 Å². The average Bonchev–Trinajstić information content (AvgIpc) is 2.59. The first-order valence-electron chi connectivity index (χ1n) is 7.92. The van der Waals surface area contributed by atoms with Crippen molar-refractivity contribution in [2.24, 2.45) is 0 Å². The molecular formula is C17H22FNO5. The first-order valence-corrected chi connectivity index (χ1v) is 7.92. The van der Waals surface area contributed by atoms with Gasteiger partial charge in [0, 0.05) is 25.1 Å². The van der Waals surface area contributed by atoms with Crippen molar-refractivity contribution in [2.75, 3.05) is 20.8 Å². The normalized spacial score (nSPS) is 17.5. The number of nitrogens with zero attached hydrogens (tertiary/aromatic N) is 1. The molecule has 1 aliphatic rings. The molecule has 24 heavy (non-hydrogen) atoms. The number of halogens is 1. The molecule has 1 fully saturated rings. The third-order valence-corrected chi connectivity index (χ3v) is 4.28. The zero-order chi connectivity index (χ0) is 17.7. The van der Waals surface area contributed by atoms with Crippen LogP contribution in [0.2, 0.25) is 0 Å². The number of likely N-dealkylation sites (tertiary alicyclic amines) is 1. The number of piperidine rings is 1. The molecular weight excluding hydrogens is 317 g/mol. The van der Waals surface area contributed by atoms with E-state index in [0.29, 0.717) is 13.0 Å². The number of carbonyl (C=O) groups is 2. The smallest absolute Gasteiger partial charge is 0.303 e. The molecule has 0 radical (unpaired) electrons. The number of aliphatic carboxylic acids is 1. The predicted octanol–water partition coefficient (Wildman–Crippen LogP) is 2.70. The van der Waals surface area contributed by atoms with Crippen LogP contribution in [0, 0.1) is 5.82 Å². The first kappa shape index (κ1) is 18.0. The second kappa shape index (κ2) is 7.99. The van der Waals surface area contributed by atoms with Crippen LogP contribution in [0.5, 0.6) is 11.5 Å². The number of hydrogen-bond donors (Lipinski definition) is 1. The lowest BCUT2D eigenvalue weighted by Gasteiger charge is -2.36. The summed E-state index contributed by atoms with van der Waals surface area (Å²) in [5.41, 5.74) is -0.0881. The Morgan fingerprint density at radius 3 is 2.54 bits per heavy atom. The van der Waals surface area contributed by atoms with Crippen LogP contribution < -0.4 is 9.47 Å². The molecule has 1 aliphatic heterocycles. The van der Waals surface area contributed by atoms with E-state index in [2.05, 4.69) is 0 Å². The van der Waals surface area contributed by atoms with Crippen LogP contribution in [0.3, 0.4) is 0 Å². The summed E-state index contributed by atoms with van der Waals surface area (Å²) in [6.07, 6.45) is 2.85. The van der Waals surface area contributed by atoms with Crippen LogP contribution in [0.1, 0.15) is 42.5 Å². The molecule has 1 aromatic carbocycles. The molecule has 0 bridgehead atoms. The Hall–Kier alpha value is -2.31. The van der Waals surface area contributed by atoms with Crippen molar-refractivity contribution in [1.29, 1.82) is 0 Å². The molecule has 1 atom stereocenters. The molecule has 1 unspecified atom stereocenters. The summed E-state index contributed by atoms with van der Waals surface area (Å²) in [4.78, 5) is 25.2. The van der Waals surface area contributed by atoms with E-state index in [1.54, 1.807) is 4.90 Å². The van der Waals surface area contributed by atoms with Crippen LogP contribution in [-0.2, 0) is 4.79 Å². The second-order valence-corrected chi connectivity index (χ2v) is 5.77. The minimum atomic E-state index is -0.898. The molecule has 0 spiro atoms. The summed E-state index contributed by atoms with van der Waals surface area (Å²) in [7, 11) is 2.81. The fourth-order valence-corrected chi connectivity index (χ4v) is 3.03. The summed E-state index contributed by atoms with van der Waals surface area (Å²) in [6, 6.07) is 2.27. The quantitative estimate of drug-likeness (QED) is 0.862. The summed E-state index contributed by atoms with van der Waals surface area (Å²) < 4.78 is 24.5. The number of carboxylic acid groups (broad SMARTS) is 1. The van der Waals surface area contributed by atoms with Crippen LogP contribution in [0.25, 0.3) is 0 Å². The molecule has 7 heteroatoms. The van der Waals surface area contributed by atoms with Gasteiger partial charge in [0.25, 0.3) is 5.91 Å². The van der Waals surface area contributed by atoms with E-state index < -0.39 is 17.7 Å². The Bertz CT molecular complexity index is 619.